The molecule has 2 heterocycles. The van der Waals surface area contributed by atoms with E-state index in [2.05, 4.69) is 0 Å². The average molecular weight is 498 g/mol. The Morgan fingerprint density at radius 1 is 0.912 bits per heavy atom. The number of rotatable bonds is 5. The summed E-state index contributed by atoms with van der Waals surface area (Å²) in [5.41, 5.74) is -0.00577. The molecule has 0 N–H and O–H groups in total. The van der Waals surface area contributed by atoms with Crippen molar-refractivity contribution in [3.8, 4) is 0 Å². The summed E-state index contributed by atoms with van der Waals surface area (Å²) in [6, 6.07) is 11.4. The van der Waals surface area contributed by atoms with E-state index in [1.165, 1.54) is 22.5 Å². The van der Waals surface area contributed by atoms with E-state index in [9.17, 15) is 26.4 Å². The van der Waals surface area contributed by atoms with Gasteiger partial charge in [0.25, 0.3) is 5.91 Å². The third kappa shape index (κ3) is 5.43. The van der Waals surface area contributed by atoms with Crippen molar-refractivity contribution in [2.24, 2.45) is 0 Å². The van der Waals surface area contributed by atoms with Gasteiger partial charge in [-0.05, 0) is 23.8 Å². The third-order valence-corrected chi connectivity index (χ3v) is 7.98. The zero-order valence-corrected chi connectivity index (χ0v) is 19.3. The van der Waals surface area contributed by atoms with Crippen LogP contribution in [-0.2, 0) is 27.5 Å². The van der Waals surface area contributed by atoms with Crippen LogP contribution in [0.4, 0.5) is 13.2 Å². The van der Waals surface area contributed by atoms with E-state index in [0.29, 0.717) is 51.5 Å². The number of halogens is 3. The number of nitrogens with zero attached hydrogens (tertiary/aromatic N) is 3. The van der Waals surface area contributed by atoms with E-state index in [0.717, 1.165) is 12.1 Å². The lowest BCUT2D eigenvalue weighted by molar-refractivity contribution is -0.137. The van der Waals surface area contributed by atoms with Gasteiger partial charge in [0.05, 0.1) is 29.2 Å². The molecule has 0 atom stereocenters. The molecule has 7 nitrogen and oxygen atoms in total. The second-order valence-electron chi connectivity index (χ2n) is 8.28. The van der Waals surface area contributed by atoms with Gasteiger partial charge in [-0.15, -0.1) is 0 Å². The zero-order valence-electron chi connectivity index (χ0n) is 18.5. The fourth-order valence-electron chi connectivity index (χ4n) is 4.18. The van der Waals surface area contributed by atoms with Crippen LogP contribution in [0.5, 0.6) is 0 Å². The minimum absolute atomic E-state index is 0.0201. The number of ether oxygens (including phenoxy) is 1. The summed E-state index contributed by atoms with van der Waals surface area (Å²) in [7, 11) is -3.84. The number of sulfonamides is 1. The van der Waals surface area contributed by atoms with Gasteiger partial charge in [0.2, 0.25) is 10.0 Å². The monoisotopic (exact) mass is 497 g/mol. The van der Waals surface area contributed by atoms with Crippen molar-refractivity contribution in [3.63, 3.8) is 0 Å². The number of hydrogen-bond donors (Lipinski definition) is 0. The van der Waals surface area contributed by atoms with Crippen LogP contribution in [0.25, 0.3) is 0 Å². The van der Waals surface area contributed by atoms with E-state index in [1.54, 1.807) is 23.1 Å². The number of benzene rings is 2. The molecule has 2 aliphatic heterocycles. The van der Waals surface area contributed by atoms with Crippen LogP contribution in [-0.4, -0.2) is 80.9 Å². The van der Waals surface area contributed by atoms with Crippen LogP contribution >= 0.6 is 0 Å². The van der Waals surface area contributed by atoms with Crippen LogP contribution in [0.15, 0.2) is 53.4 Å². The smallest absolute Gasteiger partial charge is 0.379 e. The van der Waals surface area contributed by atoms with Gasteiger partial charge in [0, 0.05) is 45.8 Å². The van der Waals surface area contributed by atoms with E-state index in [4.69, 9.17) is 4.74 Å². The molecule has 0 aliphatic carbocycles. The van der Waals surface area contributed by atoms with Crippen LogP contribution in [0.2, 0.25) is 0 Å². The zero-order chi connectivity index (χ0) is 24.3. The van der Waals surface area contributed by atoms with E-state index < -0.39 is 21.8 Å². The predicted octanol–water partition coefficient (Wildman–Crippen LogP) is 2.68. The lowest BCUT2D eigenvalue weighted by Crippen LogP contribution is -2.48. The van der Waals surface area contributed by atoms with Crippen molar-refractivity contribution >= 4 is 15.9 Å². The molecular weight excluding hydrogens is 471 g/mol. The highest BCUT2D eigenvalue weighted by molar-refractivity contribution is 7.89. The summed E-state index contributed by atoms with van der Waals surface area (Å²) in [6.07, 6.45) is -4.39. The van der Waals surface area contributed by atoms with Crippen molar-refractivity contribution < 1.29 is 31.1 Å². The maximum absolute atomic E-state index is 13.2. The second-order valence-corrected chi connectivity index (χ2v) is 10.2. The molecule has 4 rings (SSSR count). The first-order valence-electron chi connectivity index (χ1n) is 11.0. The molecule has 2 aromatic rings. The molecule has 34 heavy (non-hydrogen) atoms. The van der Waals surface area contributed by atoms with Gasteiger partial charge in [-0.25, -0.2) is 8.42 Å². The molecule has 2 fully saturated rings. The Morgan fingerprint density at radius 2 is 1.59 bits per heavy atom. The molecule has 0 unspecified atom stereocenters. The Hall–Kier alpha value is -2.47. The first-order valence-corrected chi connectivity index (χ1v) is 12.4. The van der Waals surface area contributed by atoms with Gasteiger partial charge >= 0.3 is 6.18 Å². The van der Waals surface area contributed by atoms with Gasteiger partial charge in [-0.2, -0.15) is 17.5 Å². The summed E-state index contributed by atoms with van der Waals surface area (Å²) >= 11 is 0. The van der Waals surface area contributed by atoms with Gasteiger partial charge < -0.3 is 9.64 Å². The number of carbonyl (C=O) groups excluding carboxylic acids is 1. The first kappa shape index (κ1) is 24.6. The average Bonchev–Trinajstić information content (AvgIpc) is 2.84. The molecule has 1 amide bonds. The lowest BCUT2D eigenvalue weighted by Gasteiger charge is -2.35. The number of piperazine rings is 1. The molecule has 0 aromatic heterocycles. The summed E-state index contributed by atoms with van der Waals surface area (Å²) in [5, 5.41) is 0. The van der Waals surface area contributed by atoms with Crippen LogP contribution in [0.3, 0.4) is 0 Å². The topological polar surface area (TPSA) is 70.2 Å². The largest absolute Gasteiger partial charge is 0.416 e. The highest BCUT2D eigenvalue weighted by Crippen LogP contribution is 2.30. The summed E-state index contributed by atoms with van der Waals surface area (Å²) in [5.74, 6) is -0.369. The number of alkyl halides is 3. The Bertz CT molecular complexity index is 1130. The van der Waals surface area contributed by atoms with Crippen LogP contribution < -0.4 is 0 Å². The molecule has 2 aromatic carbocycles. The Labute approximate surface area is 196 Å². The Balaban J connectivity index is 1.43. The number of carbonyl (C=O) groups is 1. The SMILES string of the molecule is O=C(c1ccccc1S(=O)(=O)N1CCOCC1)N1CCN(Cc2cccc(C(F)(F)F)c2)CC1. The molecule has 0 radical (unpaired) electrons. The molecule has 2 aliphatic rings. The molecule has 184 valence electrons. The third-order valence-electron chi connectivity index (χ3n) is 6.03. The van der Waals surface area contributed by atoms with Crippen LogP contribution in [0.1, 0.15) is 21.5 Å². The van der Waals surface area contributed by atoms with Gasteiger partial charge in [0.1, 0.15) is 0 Å². The predicted molar refractivity (Wildman–Crippen MR) is 119 cm³/mol. The summed E-state index contributed by atoms with van der Waals surface area (Å²) in [4.78, 5) is 16.8. The molecule has 0 bridgehead atoms. The van der Waals surface area contributed by atoms with Crippen molar-refractivity contribution in [2.75, 3.05) is 52.5 Å². The normalized spacial score (nSPS) is 18.7. The van der Waals surface area contributed by atoms with E-state index in [-0.39, 0.29) is 29.5 Å². The van der Waals surface area contributed by atoms with Crippen molar-refractivity contribution in [3.05, 3.63) is 65.2 Å². The standard InChI is InChI=1S/C23H26F3N3O4S/c24-23(25,26)19-5-3-4-18(16-19)17-27-8-10-28(11-9-27)22(30)20-6-1-2-7-21(20)34(31,32)29-12-14-33-15-13-29/h1-7,16H,8-15,17H2. The van der Waals surface area contributed by atoms with Gasteiger partial charge in [-0.3, -0.25) is 9.69 Å². The molecule has 11 heteroatoms. The van der Waals surface area contributed by atoms with Crippen molar-refractivity contribution in [2.45, 2.75) is 17.6 Å². The molecule has 0 saturated carbocycles. The highest BCUT2D eigenvalue weighted by Gasteiger charge is 2.33. The minimum Gasteiger partial charge on any atom is -0.379 e. The fraction of sp³-hybridized carbons (Fsp3) is 0.435. The maximum Gasteiger partial charge on any atom is 0.416 e. The quantitative estimate of drug-likeness (QED) is 0.636. The van der Waals surface area contributed by atoms with Crippen LogP contribution in [0, 0.1) is 0 Å². The number of amides is 1. The first-order chi connectivity index (χ1) is 16.2. The number of morpholine rings is 1. The minimum atomic E-state index is -4.39. The molecule has 0 spiro atoms. The Kier molecular flexibility index (Phi) is 7.27. The highest BCUT2D eigenvalue weighted by atomic mass is 32.2. The van der Waals surface area contributed by atoms with Crippen molar-refractivity contribution in [1.82, 2.24) is 14.1 Å². The lowest BCUT2D eigenvalue weighted by atomic mass is 10.1. The maximum atomic E-state index is 13.2. The molecule has 2 saturated heterocycles. The Morgan fingerprint density at radius 3 is 2.26 bits per heavy atom. The van der Waals surface area contributed by atoms with E-state index in [1.807, 2.05) is 4.90 Å². The summed E-state index contributed by atoms with van der Waals surface area (Å²) < 4.78 is 71.8. The second kappa shape index (κ2) is 10.0. The number of hydrogen-bond acceptors (Lipinski definition) is 5. The van der Waals surface area contributed by atoms with E-state index >= 15 is 0 Å². The van der Waals surface area contributed by atoms with Gasteiger partial charge in [0.15, 0.2) is 0 Å². The van der Waals surface area contributed by atoms with Gasteiger partial charge in [-0.1, -0.05) is 30.3 Å². The van der Waals surface area contributed by atoms with Crippen molar-refractivity contribution in [1.29, 1.82) is 0 Å². The summed E-state index contributed by atoms with van der Waals surface area (Å²) in [6.45, 7) is 3.08. The molecular formula is C23H26F3N3O4S. The fourth-order valence-corrected chi connectivity index (χ4v) is 5.77.